The van der Waals surface area contributed by atoms with Gasteiger partial charge in [0.2, 0.25) is 0 Å². The molecule has 0 fully saturated rings. The number of anilines is 2. The minimum atomic E-state index is -4.73. The van der Waals surface area contributed by atoms with Crippen molar-refractivity contribution in [3.8, 4) is 0 Å². The van der Waals surface area contributed by atoms with Crippen molar-refractivity contribution in [3.05, 3.63) is 76.4 Å². The monoisotopic (exact) mass is 488 g/mol. The number of alkyl halides is 6. The molecule has 1 aliphatic rings. The summed E-state index contributed by atoms with van der Waals surface area (Å²) in [6.45, 7) is 0. The van der Waals surface area contributed by atoms with Crippen LogP contribution >= 0.6 is 11.6 Å². The number of fused-ring (bicyclic) bond motifs is 1. The summed E-state index contributed by atoms with van der Waals surface area (Å²) in [6.07, 6.45) is -9.81. The van der Waals surface area contributed by atoms with Crippen LogP contribution in [0.2, 0.25) is 5.02 Å². The average Bonchev–Trinajstić information content (AvgIpc) is 3.17. The van der Waals surface area contributed by atoms with Gasteiger partial charge in [0.15, 0.2) is 11.7 Å². The maximum atomic E-state index is 13.8. The zero-order valence-corrected chi connectivity index (χ0v) is 17.3. The lowest BCUT2D eigenvalue weighted by Gasteiger charge is -2.33. The number of hydrogen-bond donors (Lipinski definition) is 2. The summed E-state index contributed by atoms with van der Waals surface area (Å²) in [6, 6.07) is 8.82. The molecule has 0 saturated heterocycles. The Morgan fingerprint density at radius 3 is 2.36 bits per heavy atom. The molecule has 3 aromatic rings. The van der Waals surface area contributed by atoms with Crippen LogP contribution in [0.4, 0.5) is 37.8 Å². The van der Waals surface area contributed by atoms with Gasteiger partial charge in [-0.1, -0.05) is 35.9 Å². The summed E-state index contributed by atoms with van der Waals surface area (Å²) in [4.78, 5) is 12.6. The molecule has 33 heavy (non-hydrogen) atoms. The summed E-state index contributed by atoms with van der Waals surface area (Å²) in [5.41, 5.74) is -1.52. The molecular formula is C21H15ClF6N4O. The van der Waals surface area contributed by atoms with E-state index >= 15 is 0 Å². The van der Waals surface area contributed by atoms with Crippen LogP contribution in [-0.2, 0) is 6.18 Å². The van der Waals surface area contributed by atoms with Crippen molar-refractivity contribution in [1.82, 2.24) is 9.78 Å². The Balaban J connectivity index is 1.65. The Morgan fingerprint density at radius 2 is 1.73 bits per heavy atom. The van der Waals surface area contributed by atoms with Gasteiger partial charge in [-0.05, 0) is 29.8 Å². The summed E-state index contributed by atoms with van der Waals surface area (Å²) in [7, 11) is 0. The SMILES string of the molecule is O=C(Nc1ccccc1C(F)(F)F)c1cc2n(n1)[C@@H](C(F)(F)F)C[C@@H](c1ccc(Cl)cc1)N2. The van der Waals surface area contributed by atoms with Gasteiger partial charge in [-0.3, -0.25) is 4.79 Å². The first-order chi connectivity index (χ1) is 15.4. The highest BCUT2D eigenvalue weighted by molar-refractivity contribution is 6.30. The van der Waals surface area contributed by atoms with E-state index in [-0.39, 0.29) is 5.82 Å². The van der Waals surface area contributed by atoms with Crippen molar-refractivity contribution in [2.75, 3.05) is 10.6 Å². The largest absolute Gasteiger partial charge is 0.418 e. The molecule has 2 atom stereocenters. The molecule has 0 unspecified atom stereocenters. The molecule has 0 spiro atoms. The summed E-state index contributed by atoms with van der Waals surface area (Å²) in [5, 5.41) is 9.16. The smallest absolute Gasteiger partial charge is 0.363 e. The number of rotatable bonds is 3. The van der Waals surface area contributed by atoms with Crippen LogP contribution in [0.5, 0.6) is 0 Å². The Kier molecular flexibility index (Phi) is 5.77. The standard InChI is InChI=1S/C21H15ClF6N4O/c22-12-7-5-11(6-8-12)15-9-17(21(26,27)28)32-18(29-15)10-16(31-32)19(33)30-14-4-2-1-3-13(14)20(23,24)25/h1-8,10,15,17,29H,9H2,(H,30,33)/t15-,17+/m0/s1. The van der Waals surface area contributed by atoms with Crippen molar-refractivity contribution in [3.63, 3.8) is 0 Å². The van der Waals surface area contributed by atoms with Gasteiger partial charge < -0.3 is 10.6 Å². The molecule has 5 nitrogen and oxygen atoms in total. The number of halogens is 7. The molecule has 12 heteroatoms. The van der Waals surface area contributed by atoms with Gasteiger partial charge in [-0.15, -0.1) is 0 Å². The molecule has 0 saturated carbocycles. The van der Waals surface area contributed by atoms with Gasteiger partial charge in [0.1, 0.15) is 5.82 Å². The second kappa shape index (κ2) is 8.29. The van der Waals surface area contributed by atoms with Gasteiger partial charge in [0.25, 0.3) is 5.91 Å². The third-order valence-electron chi connectivity index (χ3n) is 5.18. The maximum absolute atomic E-state index is 13.8. The summed E-state index contributed by atoms with van der Waals surface area (Å²) >= 11 is 5.85. The van der Waals surface area contributed by atoms with E-state index in [0.29, 0.717) is 15.3 Å². The highest BCUT2D eigenvalue weighted by Crippen LogP contribution is 2.44. The third kappa shape index (κ3) is 4.77. The molecule has 174 valence electrons. The predicted octanol–water partition coefficient (Wildman–Crippen LogP) is 6.47. The Morgan fingerprint density at radius 1 is 1.06 bits per heavy atom. The van der Waals surface area contributed by atoms with Gasteiger partial charge in [-0.2, -0.15) is 31.4 Å². The highest BCUT2D eigenvalue weighted by atomic mass is 35.5. The molecule has 1 aliphatic heterocycles. The van der Waals surface area contributed by atoms with Crippen LogP contribution < -0.4 is 10.6 Å². The number of aromatic nitrogens is 2. The lowest BCUT2D eigenvalue weighted by Crippen LogP contribution is -2.35. The van der Waals surface area contributed by atoms with Crippen molar-refractivity contribution in [2.24, 2.45) is 0 Å². The number of carbonyl (C=O) groups is 1. The van der Waals surface area contributed by atoms with Crippen LogP contribution in [0.15, 0.2) is 54.6 Å². The molecule has 0 radical (unpaired) electrons. The van der Waals surface area contributed by atoms with Crippen LogP contribution in [0.3, 0.4) is 0 Å². The van der Waals surface area contributed by atoms with E-state index in [4.69, 9.17) is 11.6 Å². The molecule has 0 aliphatic carbocycles. The Hall–Kier alpha value is -3.21. The number of benzene rings is 2. The molecule has 2 heterocycles. The van der Waals surface area contributed by atoms with Crippen molar-refractivity contribution >= 4 is 29.0 Å². The topological polar surface area (TPSA) is 59.0 Å². The number of hydrogen-bond acceptors (Lipinski definition) is 3. The molecule has 4 rings (SSSR count). The quantitative estimate of drug-likeness (QED) is 0.416. The third-order valence-corrected chi connectivity index (χ3v) is 5.43. The van der Waals surface area contributed by atoms with Gasteiger partial charge >= 0.3 is 12.4 Å². The van der Waals surface area contributed by atoms with Gasteiger partial charge in [0, 0.05) is 17.5 Å². The number of nitrogens with zero attached hydrogens (tertiary/aromatic N) is 2. The predicted molar refractivity (Wildman–Crippen MR) is 109 cm³/mol. The second-order valence-electron chi connectivity index (χ2n) is 7.40. The minimum Gasteiger partial charge on any atom is -0.363 e. The second-order valence-corrected chi connectivity index (χ2v) is 7.83. The van der Waals surface area contributed by atoms with Gasteiger partial charge in [0.05, 0.1) is 17.3 Å². The number of carbonyl (C=O) groups excluding carboxylic acids is 1. The first-order valence-corrected chi connectivity index (χ1v) is 9.97. The fraction of sp³-hybridized carbons (Fsp3) is 0.238. The zero-order valence-electron chi connectivity index (χ0n) is 16.5. The first kappa shape index (κ1) is 23.0. The summed E-state index contributed by atoms with van der Waals surface area (Å²) in [5.74, 6) is -1.16. The van der Waals surface area contributed by atoms with Crippen LogP contribution in [-0.4, -0.2) is 21.9 Å². The van der Waals surface area contributed by atoms with Crippen LogP contribution in [0.25, 0.3) is 0 Å². The van der Waals surface area contributed by atoms with E-state index in [0.717, 1.165) is 24.3 Å². The number of nitrogens with one attached hydrogen (secondary N) is 2. The van der Waals surface area contributed by atoms with E-state index in [1.165, 1.54) is 6.07 Å². The molecule has 1 amide bonds. The first-order valence-electron chi connectivity index (χ1n) is 9.59. The van der Waals surface area contributed by atoms with Crippen LogP contribution in [0, 0.1) is 0 Å². The van der Waals surface area contributed by atoms with Crippen molar-refractivity contribution in [2.45, 2.75) is 30.9 Å². The maximum Gasteiger partial charge on any atom is 0.418 e. The normalized spacial score (nSPS) is 18.4. The van der Waals surface area contributed by atoms with E-state index in [2.05, 4.69) is 15.7 Å². The lowest BCUT2D eigenvalue weighted by molar-refractivity contribution is -0.173. The Labute approximate surface area is 188 Å². The summed E-state index contributed by atoms with van der Waals surface area (Å²) < 4.78 is 81.5. The molecule has 2 N–H and O–H groups in total. The van der Waals surface area contributed by atoms with Gasteiger partial charge in [-0.25, -0.2) is 4.68 Å². The van der Waals surface area contributed by atoms with E-state index in [9.17, 15) is 31.1 Å². The lowest BCUT2D eigenvalue weighted by atomic mass is 9.97. The highest BCUT2D eigenvalue weighted by Gasteiger charge is 2.47. The minimum absolute atomic E-state index is 0.0854. The van der Waals surface area contributed by atoms with Crippen LogP contribution in [0.1, 0.15) is 40.1 Å². The van der Waals surface area contributed by atoms with E-state index in [1.54, 1.807) is 24.3 Å². The van der Waals surface area contributed by atoms with E-state index in [1.807, 2.05) is 0 Å². The van der Waals surface area contributed by atoms with Crippen molar-refractivity contribution in [1.29, 1.82) is 0 Å². The Bertz CT molecular complexity index is 1170. The fourth-order valence-corrected chi connectivity index (χ4v) is 3.75. The van der Waals surface area contributed by atoms with E-state index < -0.39 is 53.7 Å². The zero-order chi connectivity index (χ0) is 24.0. The molecule has 0 bridgehead atoms. The molecular weight excluding hydrogens is 474 g/mol. The number of amides is 1. The molecule has 1 aromatic heterocycles. The molecule has 2 aromatic carbocycles. The fourth-order valence-electron chi connectivity index (χ4n) is 3.62. The average molecular weight is 489 g/mol. The number of para-hydroxylation sites is 1. The van der Waals surface area contributed by atoms with Crippen molar-refractivity contribution < 1.29 is 31.1 Å².